The van der Waals surface area contributed by atoms with Crippen molar-refractivity contribution in [1.29, 1.82) is 0 Å². The number of carboxylic acid groups (broad SMARTS) is 1. The van der Waals surface area contributed by atoms with E-state index in [1.54, 1.807) is 0 Å². The lowest BCUT2D eigenvalue weighted by molar-refractivity contribution is -0.139. The van der Waals surface area contributed by atoms with E-state index in [0.717, 1.165) is 19.1 Å². The molecule has 3 N–H and O–H groups in total. The standard InChI is InChI=1S/C12H22N2O3/c15-11(5-12(16)17)7-13-6-9-3-4-14(8-9)10-1-2-10/h9-11,13,15H,1-8H2,(H,16,17). The quantitative estimate of drug-likeness (QED) is 0.581. The van der Waals surface area contributed by atoms with E-state index in [1.165, 1.54) is 25.8 Å². The molecule has 0 spiro atoms. The first-order chi connectivity index (χ1) is 8.15. The van der Waals surface area contributed by atoms with Gasteiger partial charge in [0.05, 0.1) is 12.5 Å². The molecular formula is C12H22N2O3. The summed E-state index contributed by atoms with van der Waals surface area (Å²) in [6, 6.07) is 0.845. The van der Waals surface area contributed by atoms with Gasteiger partial charge in [0.1, 0.15) is 0 Å². The third kappa shape index (κ3) is 4.26. The minimum Gasteiger partial charge on any atom is -0.481 e. The van der Waals surface area contributed by atoms with Crippen LogP contribution in [0.4, 0.5) is 0 Å². The molecule has 98 valence electrons. The van der Waals surface area contributed by atoms with Crippen LogP contribution >= 0.6 is 0 Å². The van der Waals surface area contributed by atoms with Crippen molar-refractivity contribution in [3.8, 4) is 0 Å². The van der Waals surface area contributed by atoms with Crippen molar-refractivity contribution in [2.45, 2.75) is 37.8 Å². The lowest BCUT2D eigenvalue weighted by Gasteiger charge is -2.16. The van der Waals surface area contributed by atoms with Crippen LogP contribution < -0.4 is 5.32 Å². The molecule has 1 aliphatic heterocycles. The Morgan fingerprint density at radius 3 is 2.82 bits per heavy atom. The van der Waals surface area contributed by atoms with Crippen molar-refractivity contribution in [3.05, 3.63) is 0 Å². The summed E-state index contributed by atoms with van der Waals surface area (Å²) in [4.78, 5) is 12.9. The number of carbonyl (C=O) groups is 1. The van der Waals surface area contributed by atoms with E-state index in [0.29, 0.717) is 12.5 Å². The largest absolute Gasteiger partial charge is 0.481 e. The summed E-state index contributed by atoms with van der Waals surface area (Å²) in [5.74, 6) is -0.285. The fourth-order valence-electron chi connectivity index (χ4n) is 2.53. The van der Waals surface area contributed by atoms with Crippen LogP contribution in [0.1, 0.15) is 25.7 Å². The van der Waals surface area contributed by atoms with E-state index in [4.69, 9.17) is 5.11 Å². The maximum Gasteiger partial charge on any atom is 0.306 e. The predicted octanol–water partition coefficient (Wildman–Crippen LogP) is -0.104. The number of carboxylic acids is 1. The zero-order chi connectivity index (χ0) is 12.3. The van der Waals surface area contributed by atoms with Gasteiger partial charge in [-0.05, 0) is 38.3 Å². The Hall–Kier alpha value is -0.650. The molecular weight excluding hydrogens is 220 g/mol. The van der Waals surface area contributed by atoms with Crippen LogP contribution in [0.3, 0.4) is 0 Å². The fraction of sp³-hybridized carbons (Fsp3) is 0.917. The van der Waals surface area contributed by atoms with Crippen molar-refractivity contribution < 1.29 is 15.0 Å². The van der Waals surface area contributed by atoms with Gasteiger partial charge < -0.3 is 20.4 Å². The molecule has 2 rings (SSSR count). The number of aliphatic hydroxyl groups excluding tert-OH is 1. The molecule has 5 heteroatoms. The van der Waals surface area contributed by atoms with Gasteiger partial charge in [0.2, 0.25) is 0 Å². The minimum absolute atomic E-state index is 0.175. The number of likely N-dealkylation sites (tertiary alicyclic amines) is 1. The monoisotopic (exact) mass is 242 g/mol. The molecule has 0 aromatic heterocycles. The molecule has 1 heterocycles. The van der Waals surface area contributed by atoms with Crippen LogP contribution in [0.5, 0.6) is 0 Å². The highest BCUT2D eigenvalue weighted by molar-refractivity contribution is 5.67. The van der Waals surface area contributed by atoms with Crippen LogP contribution in [0.15, 0.2) is 0 Å². The molecule has 2 unspecified atom stereocenters. The smallest absolute Gasteiger partial charge is 0.306 e. The Bertz CT molecular complexity index is 268. The molecule has 17 heavy (non-hydrogen) atoms. The lowest BCUT2D eigenvalue weighted by Crippen LogP contribution is -2.33. The van der Waals surface area contributed by atoms with Crippen molar-refractivity contribution in [3.63, 3.8) is 0 Å². The van der Waals surface area contributed by atoms with Crippen molar-refractivity contribution in [1.82, 2.24) is 10.2 Å². The molecule has 0 bridgehead atoms. The molecule has 2 fully saturated rings. The topological polar surface area (TPSA) is 72.8 Å². The lowest BCUT2D eigenvalue weighted by atomic mass is 10.1. The average molecular weight is 242 g/mol. The Balaban J connectivity index is 1.54. The van der Waals surface area contributed by atoms with Gasteiger partial charge in [-0.15, -0.1) is 0 Å². The third-order valence-electron chi connectivity index (χ3n) is 3.60. The first-order valence-corrected chi connectivity index (χ1v) is 6.49. The molecule has 1 aliphatic carbocycles. The fourth-order valence-corrected chi connectivity index (χ4v) is 2.53. The number of hydrogen-bond acceptors (Lipinski definition) is 4. The van der Waals surface area contributed by atoms with Gasteiger partial charge in [0.15, 0.2) is 0 Å². The Labute approximate surface area is 102 Å². The number of nitrogens with one attached hydrogen (secondary N) is 1. The van der Waals surface area contributed by atoms with E-state index in [2.05, 4.69) is 10.2 Å². The number of hydrogen-bond donors (Lipinski definition) is 3. The van der Waals surface area contributed by atoms with E-state index in [-0.39, 0.29) is 6.42 Å². The maximum atomic E-state index is 10.4. The summed E-state index contributed by atoms with van der Waals surface area (Å²) in [6.45, 7) is 3.63. The summed E-state index contributed by atoms with van der Waals surface area (Å²) in [6.07, 6.45) is 2.99. The SMILES string of the molecule is O=C(O)CC(O)CNCC1CCN(C2CC2)C1. The van der Waals surface area contributed by atoms with Crippen molar-refractivity contribution >= 4 is 5.97 Å². The van der Waals surface area contributed by atoms with E-state index in [9.17, 15) is 9.90 Å². The maximum absolute atomic E-state index is 10.4. The Morgan fingerprint density at radius 2 is 2.18 bits per heavy atom. The van der Waals surface area contributed by atoms with E-state index < -0.39 is 12.1 Å². The van der Waals surface area contributed by atoms with Crippen LogP contribution in [-0.2, 0) is 4.79 Å². The summed E-state index contributed by atoms with van der Waals surface area (Å²) in [5, 5.41) is 21.1. The molecule has 2 atom stereocenters. The van der Waals surface area contributed by atoms with Gasteiger partial charge in [0, 0.05) is 19.1 Å². The second kappa shape index (κ2) is 5.80. The van der Waals surface area contributed by atoms with Crippen LogP contribution in [0, 0.1) is 5.92 Å². The van der Waals surface area contributed by atoms with E-state index in [1.807, 2.05) is 0 Å². The Morgan fingerprint density at radius 1 is 1.41 bits per heavy atom. The first kappa shape index (κ1) is 12.8. The molecule has 0 radical (unpaired) electrons. The van der Waals surface area contributed by atoms with Gasteiger partial charge >= 0.3 is 5.97 Å². The second-order valence-electron chi connectivity index (χ2n) is 5.29. The summed E-state index contributed by atoms with van der Waals surface area (Å²) < 4.78 is 0. The molecule has 1 saturated heterocycles. The average Bonchev–Trinajstić information content (AvgIpc) is 2.99. The zero-order valence-electron chi connectivity index (χ0n) is 10.1. The molecule has 0 amide bonds. The highest BCUT2D eigenvalue weighted by Gasteiger charge is 2.34. The number of aliphatic carboxylic acids is 1. The zero-order valence-corrected chi connectivity index (χ0v) is 10.1. The molecule has 1 saturated carbocycles. The number of aliphatic hydroxyl groups is 1. The third-order valence-corrected chi connectivity index (χ3v) is 3.60. The summed E-state index contributed by atoms with van der Waals surface area (Å²) in [5.41, 5.74) is 0. The summed E-state index contributed by atoms with van der Waals surface area (Å²) >= 11 is 0. The van der Waals surface area contributed by atoms with E-state index >= 15 is 0 Å². The molecule has 0 aromatic carbocycles. The molecule has 0 aromatic rings. The Kier molecular flexibility index (Phi) is 4.36. The minimum atomic E-state index is -0.944. The second-order valence-corrected chi connectivity index (χ2v) is 5.29. The summed E-state index contributed by atoms with van der Waals surface area (Å²) in [7, 11) is 0. The van der Waals surface area contributed by atoms with Gasteiger partial charge in [-0.2, -0.15) is 0 Å². The highest BCUT2D eigenvalue weighted by Crippen LogP contribution is 2.31. The van der Waals surface area contributed by atoms with Crippen LogP contribution in [-0.4, -0.2) is 59.4 Å². The molecule has 5 nitrogen and oxygen atoms in total. The van der Waals surface area contributed by atoms with Crippen LogP contribution in [0.25, 0.3) is 0 Å². The molecule has 2 aliphatic rings. The number of rotatable bonds is 7. The first-order valence-electron chi connectivity index (χ1n) is 6.49. The van der Waals surface area contributed by atoms with Gasteiger partial charge in [-0.3, -0.25) is 4.79 Å². The highest BCUT2D eigenvalue weighted by atomic mass is 16.4. The van der Waals surface area contributed by atoms with Crippen molar-refractivity contribution in [2.75, 3.05) is 26.2 Å². The van der Waals surface area contributed by atoms with Gasteiger partial charge in [0.25, 0.3) is 0 Å². The predicted molar refractivity (Wildman–Crippen MR) is 63.8 cm³/mol. The number of nitrogens with zero attached hydrogens (tertiary/aromatic N) is 1. The van der Waals surface area contributed by atoms with Gasteiger partial charge in [-0.25, -0.2) is 0 Å². The van der Waals surface area contributed by atoms with Crippen LogP contribution in [0.2, 0.25) is 0 Å². The van der Waals surface area contributed by atoms with Gasteiger partial charge in [-0.1, -0.05) is 0 Å². The normalized spacial score (nSPS) is 27.2. The van der Waals surface area contributed by atoms with Crippen molar-refractivity contribution in [2.24, 2.45) is 5.92 Å².